The van der Waals surface area contributed by atoms with Gasteiger partial charge in [-0.25, -0.2) is 4.98 Å². The van der Waals surface area contributed by atoms with Crippen molar-refractivity contribution in [2.45, 2.75) is 6.42 Å². The molecule has 0 saturated carbocycles. The van der Waals surface area contributed by atoms with E-state index in [9.17, 15) is 19.3 Å². The third kappa shape index (κ3) is 6.43. The Balaban J connectivity index is 1.87. The fraction of sp³-hybridized carbons (Fsp3) is 0.182. The average molecular weight is 457 g/mol. The summed E-state index contributed by atoms with van der Waals surface area (Å²) in [5, 5.41) is 13.4. The number of carbonyl (C=O) groups excluding carboxylic acids is 1. The van der Waals surface area contributed by atoms with Gasteiger partial charge in [0.05, 0.1) is 23.3 Å². The number of nitro benzene ring substituents is 1. The lowest BCUT2D eigenvalue weighted by Gasteiger charge is -2.10. The van der Waals surface area contributed by atoms with E-state index in [1.165, 1.54) is 6.07 Å². The third-order valence-corrected chi connectivity index (χ3v) is 4.94. The van der Waals surface area contributed by atoms with Crippen LogP contribution in [0, 0.1) is 15.2 Å². The zero-order valence-electron chi connectivity index (χ0n) is 17.1. The van der Waals surface area contributed by atoms with Crippen molar-refractivity contribution in [2.24, 2.45) is 0 Å². The number of nitrogens with one attached hydrogen (secondary N) is 1. The van der Waals surface area contributed by atoms with Gasteiger partial charge in [0, 0.05) is 31.8 Å². The predicted molar refractivity (Wildman–Crippen MR) is 120 cm³/mol. The van der Waals surface area contributed by atoms with Crippen molar-refractivity contribution in [2.75, 3.05) is 25.6 Å². The predicted octanol–water partition coefficient (Wildman–Crippen LogP) is 5.03. The zero-order chi connectivity index (χ0) is 22.9. The summed E-state index contributed by atoms with van der Waals surface area (Å²) in [4.78, 5) is 27.2. The minimum absolute atomic E-state index is 0.0283. The van der Waals surface area contributed by atoms with E-state index in [4.69, 9.17) is 9.47 Å². The molecule has 0 atom stereocenters. The highest BCUT2D eigenvalue weighted by Crippen LogP contribution is 2.24. The standard InChI is InChI=1S/C22H20FN3O5S/c1-30-9-4-10-31-18-12-15(7-8-16-5-2-3-6-19(16)26(28)29)11-17(13-18)21(27)25-22-24-14-20(23)32-22/h2-3,5-8,11-14H,4,9-10H2,1H3,(H,24,25,27)/b8-7+. The van der Waals surface area contributed by atoms with Crippen molar-refractivity contribution >= 4 is 40.2 Å². The van der Waals surface area contributed by atoms with Crippen LogP contribution in [-0.4, -0.2) is 36.1 Å². The van der Waals surface area contributed by atoms with Crippen LogP contribution in [0.15, 0.2) is 48.7 Å². The summed E-state index contributed by atoms with van der Waals surface area (Å²) in [6, 6.07) is 11.2. The van der Waals surface area contributed by atoms with Crippen molar-refractivity contribution in [3.8, 4) is 5.75 Å². The first kappa shape index (κ1) is 23.0. The van der Waals surface area contributed by atoms with Crippen molar-refractivity contribution in [3.63, 3.8) is 0 Å². The molecule has 3 rings (SSSR count). The number of nitrogens with zero attached hydrogens (tertiary/aromatic N) is 2. The summed E-state index contributed by atoms with van der Waals surface area (Å²) in [5.74, 6) is -0.0386. The first-order valence-corrected chi connectivity index (χ1v) is 10.4. The number of hydrogen-bond acceptors (Lipinski definition) is 7. The Morgan fingerprint density at radius 2 is 2.06 bits per heavy atom. The van der Waals surface area contributed by atoms with Crippen molar-refractivity contribution in [1.82, 2.24) is 4.98 Å². The molecule has 2 aromatic carbocycles. The number of rotatable bonds is 10. The van der Waals surface area contributed by atoms with Gasteiger partial charge in [-0.15, -0.1) is 0 Å². The lowest BCUT2D eigenvalue weighted by atomic mass is 10.1. The molecule has 1 N–H and O–H groups in total. The Kier molecular flexibility index (Phi) is 8.01. The van der Waals surface area contributed by atoms with E-state index >= 15 is 0 Å². The highest BCUT2D eigenvalue weighted by atomic mass is 32.1. The fourth-order valence-electron chi connectivity index (χ4n) is 2.79. The number of ether oxygens (including phenoxy) is 2. The molecule has 8 nitrogen and oxygen atoms in total. The minimum atomic E-state index is -0.511. The van der Waals surface area contributed by atoms with Crippen LogP contribution < -0.4 is 10.1 Å². The van der Waals surface area contributed by atoms with Gasteiger partial charge in [0.2, 0.25) is 0 Å². The third-order valence-electron chi connectivity index (χ3n) is 4.24. The van der Waals surface area contributed by atoms with Gasteiger partial charge in [-0.3, -0.25) is 20.2 Å². The monoisotopic (exact) mass is 457 g/mol. The number of aromatic nitrogens is 1. The van der Waals surface area contributed by atoms with E-state index in [0.29, 0.717) is 36.5 Å². The molecule has 0 bridgehead atoms. The molecular formula is C22H20FN3O5S. The second kappa shape index (κ2) is 11.1. The number of anilines is 1. The summed E-state index contributed by atoms with van der Waals surface area (Å²) < 4.78 is 23.9. The van der Waals surface area contributed by atoms with Crippen molar-refractivity contribution in [3.05, 3.63) is 80.6 Å². The Bertz CT molecular complexity index is 1130. The maximum Gasteiger partial charge on any atom is 0.276 e. The van der Waals surface area contributed by atoms with Crippen molar-refractivity contribution < 1.29 is 23.6 Å². The van der Waals surface area contributed by atoms with E-state index in [0.717, 1.165) is 17.5 Å². The van der Waals surface area contributed by atoms with E-state index < -0.39 is 16.0 Å². The van der Waals surface area contributed by atoms with Gasteiger partial charge in [-0.1, -0.05) is 29.5 Å². The average Bonchev–Trinajstić information content (AvgIpc) is 3.19. The molecule has 0 saturated heterocycles. The molecule has 10 heteroatoms. The summed E-state index contributed by atoms with van der Waals surface area (Å²) >= 11 is 0.718. The van der Waals surface area contributed by atoms with E-state index in [-0.39, 0.29) is 16.4 Å². The van der Waals surface area contributed by atoms with E-state index in [2.05, 4.69) is 10.3 Å². The molecule has 0 unspecified atom stereocenters. The van der Waals surface area contributed by atoms with Crippen LogP contribution in [0.2, 0.25) is 0 Å². The van der Waals surface area contributed by atoms with Crippen LogP contribution in [0.25, 0.3) is 12.2 Å². The van der Waals surface area contributed by atoms with Crippen LogP contribution >= 0.6 is 11.3 Å². The Morgan fingerprint density at radius 3 is 2.78 bits per heavy atom. The number of methoxy groups -OCH3 is 1. The van der Waals surface area contributed by atoms with Gasteiger partial charge in [0.25, 0.3) is 11.6 Å². The molecule has 0 fully saturated rings. The van der Waals surface area contributed by atoms with Crippen LogP contribution in [-0.2, 0) is 4.74 Å². The first-order valence-electron chi connectivity index (χ1n) is 9.57. The lowest BCUT2D eigenvalue weighted by molar-refractivity contribution is -0.385. The molecule has 0 radical (unpaired) electrons. The smallest absolute Gasteiger partial charge is 0.276 e. The number of amides is 1. The number of halogens is 1. The maximum atomic E-state index is 13.2. The molecule has 0 aliphatic carbocycles. The highest BCUT2D eigenvalue weighted by molar-refractivity contribution is 7.14. The molecule has 166 valence electrons. The summed E-state index contributed by atoms with van der Waals surface area (Å²) in [5.41, 5.74) is 1.27. The summed E-state index contributed by atoms with van der Waals surface area (Å²) in [6.45, 7) is 0.907. The second-order valence-electron chi connectivity index (χ2n) is 6.56. The molecule has 32 heavy (non-hydrogen) atoms. The highest BCUT2D eigenvalue weighted by Gasteiger charge is 2.13. The van der Waals surface area contributed by atoms with Gasteiger partial charge in [-0.2, -0.15) is 4.39 Å². The lowest BCUT2D eigenvalue weighted by Crippen LogP contribution is -2.12. The summed E-state index contributed by atoms with van der Waals surface area (Å²) in [6.07, 6.45) is 4.94. The zero-order valence-corrected chi connectivity index (χ0v) is 17.9. The normalized spacial score (nSPS) is 10.9. The van der Waals surface area contributed by atoms with Crippen LogP contribution in [0.5, 0.6) is 5.75 Å². The van der Waals surface area contributed by atoms with Gasteiger partial charge in [-0.05, 0) is 35.9 Å². The molecule has 0 aliphatic heterocycles. The summed E-state index contributed by atoms with van der Waals surface area (Å²) in [7, 11) is 1.60. The van der Waals surface area contributed by atoms with Crippen LogP contribution in [0.1, 0.15) is 27.9 Å². The molecule has 1 heterocycles. The minimum Gasteiger partial charge on any atom is -0.493 e. The number of benzene rings is 2. The molecule has 0 aliphatic rings. The van der Waals surface area contributed by atoms with Gasteiger partial charge >= 0.3 is 0 Å². The second-order valence-corrected chi connectivity index (χ2v) is 7.54. The first-order chi connectivity index (χ1) is 15.5. The number of nitro groups is 1. The quantitative estimate of drug-likeness (QED) is 0.198. The van der Waals surface area contributed by atoms with E-state index in [1.54, 1.807) is 55.7 Å². The van der Waals surface area contributed by atoms with Crippen LogP contribution in [0.4, 0.5) is 15.2 Å². The number of hydrogen-bond donors (Lipinski definition) is 1. The molecule has 1 amide bonds. The van der Waals surface area contributed by atoms with Crippen LogP contribution in [0.3, 0.4) is 0 Å². The Labute approximate surface area is 187 Å². The molecular weight excluding hydrogens is 437 g/mol. The molecule has 3 aromatic rings. The van der Waals surface area contributed by atoms with Gasteiger partial charge in [0.15, 0.2) is 10.3 Å². The maximum absolute atomic E-state index is 13.2. The number of carbonyl (C=O) groups is 1. The molecule has 0 spiro atoms. The number of para-hydroxylation sites is 1. The fourth-order valence-corrected chi connectivity index (χ4v) is 3.33. The number of thiazole rings is 1. The topological polar surface area (TPSA) is 104 Å². The SMILES string of the molecule is COCCCOc1cc(/C=C/c2ccccc2[N+](=O)[O-])cc(C(=O)Nc2ncc(F)s2)c1. The van der Waals surface area contributed by atoms with Crippen molar-refractivity contribution in [1.29, 1.82) is 0 Å². The Morgan fingerprint density at radius 1 is 1.25 bits per heavy atom. The largest absolute Gasteiger partial charge is 0.493 e. The molecule has 1 aromatic heterocycles. The van der Waals surface area contributed by atoms with Gasteiger partial charge < -0.3 is 9.47 Å². The van der Waals surface area contributed by atoms with E-state index in [1.807, 2.05) is 0 Å². The Hall–Kier alpha value is -3.63. The van der Waals surface area contributed by atoms with Gasteiger partial charge in [0.1, 0.15) is 5.75 Å².